The van der Waals surface area contributed by atoms with Gasteiger partial charge in [-0.25, -0.2) is 0 Å². The standard InChI is InChI=1S/C17H12ClNO2/c1-9-2-5-15-12(6-9)17(20)16-13(8-21-15)11-7-10(18)3-4-14(11)19-16/h2-7,19H,8H2,1H3. The van der Waals surface area contributed by atoms with Crippen molar-refractivity contribution in [1.82, 2.24) is 4.98 Å². The number of aromatic nitrogens is 1. The number of aryl methyl sites for hydroxylation is 1. The lowest BCUT2D eigenvalue weighted by Gasteiger charge is -2.07. The Hall–Kier alpha value is -2.26. The molecule has 0 atom stereocenters. The van der Waals surface area contributed by atoms with E-state index in [1.54, 1.807) is 0 Å². The molecule has 21 heavy (non-hydrogen) atoms. The number of halogens is 1. The molecular formula is C17H12ClNO2. The van der Waals surface area contributed by atoms with Crippen LogP contribution in [0.2, 0.25) is 5.02 Å². The van der Waals surface area contributed by atoms with Crippen molar-refractivity contribution in [2.45, 2.75) is 13.5 Å². The zero-order valence-electron chi connectivity index (χ0n) is 11.4. The predicted octanol–water partition coefficient (Wildman–Crippen LogP) is 4.25. The molecule has 0 saturated heterocycles. The fraction of sp³-hybridized carbons (Fsp3) is 0.118. The molecule has 0 saturated carbocycles. The van der Waals surface area contributed by atoms with Crippen LogP contribution in [0.1, 0.15) is 27.2 Å². The fourth-order valence-corrected chi connectivity index (χ4v) is 2.97. The highest BCUT2D eigenvalue weighted by Gasteiger charge is 2.25. The molecule has 3 nitrogen and oxygen atoms in total. The minimum atomic E-state index is -0.0338. The molecule has 0 unspecified atom stereocenters. The quantitative estimate of drug-likeness (QED) is 0.674. The van der Waals surface area contributed by atoms with E-state index in [2.05, 4.69) is 4.98 Å². The molecule has 1 aliphatic heterocycles. The van der Waals surface area contributed by atoms with Crippen molar-refractivity contribution in [3.8, 4) is 5.75 Å². The molecule has 0 radical (unpaired) electrons. The number of fused-ring (bicyclic) bond motifs is 4. The summed E-state index contributed by atoms with van der Waals surface area (Å²) in [5, 5.41) is 1.59. The highest BCUT2D eigenvalue weighted by atomic mass is 35.5. The van der Waals surface area contributed by atoms with Gasteiger partial charge in [-0.05, 0) is 37.3 Å². The maximum absolute atomic E-state index is 12.8. The highest BCUT2D eigenvalue weighted by molar-refractivity contribution is 6.31. The van der Waals surface area contributed by atoms with Crippen molar-refractivity contribution in [1.29, 1.82) is 0 Å². The van der Waals surface area contributed by atoms with Gasteiger partial charge in [-0.15, -0.1) is 0 Å². The Bertz CT molecular complexity index is 895. The second-order valence-electron chi connectivity index (χ2n) is 5.29. The molecule has 0 fully saturated rings. The zero-order valence-corrected chi connectivity index (χ0v) is 12.1. The molecule has 1 N–H and O–H groups in total. The number of hydrogen-bond acceptors (Lipinski definition) is 2. The molecule has 104 valence electrons. The first kappa shape index (κ1) is 12.5. The van der Waals surface area contributed by atoms with Crippen LogP contribution >= 0.6 is 11.6 Å². The first-order chi connectivity index (χ1) is 10.1. The lowest BCUT2D eigenvalue weighted by molar-refractivity contribution is 0.103. The number of nitrogens with one attached hydrogen (secondary N) is 1. The van der Waals surface area contributed by atoms with Crippen LogP contribution in [0.4, 0.5) is 0 Å². The van der Waals surface area contributed by atoms with Gasteiger partial charge in [-0.2, -0.15) is 0 Å². The van der Waals surface area contributed by atoms with E-state index in [4.69, 9.17) is 16.3 Å². The van der Waals surface area contributed by atoms with E-state index in [1.807, 2.05) is 43.3 Å². The molecule has 2 heterocycles. The summed E-state index contributed by atoms with van der Waals surface area (Å²) in [4.78, 5) is 16.0. The third-order valence-electron chi connectivity index (χ3n) is 3.85. The summed E-state index contributed by atoms with van der Waals surface area (Å²) >= 11 is 6.07. The molecule has 0 bridgehead atoms. The van der Waals surface area contributed by atoms with E-state index in [9.17, 15) is 4.79 Å². The second kappa shape index (κ2) is 4.37. The fourth-order valence-electron chi connectivity index (χ4n) is 2.80. The Balaban J connectivity index is 1.99. The third-order valence-corrected chi connectivity index (χ3v) is 4.08. The number of ketones is 1. The predicted molar refractivity (Wildman–Crippen MR) is 82.3 cm³/mol. The molecule has 4 heteroatoms. The van der Waals surface area contributed by atoms with Gasteiger partial charge in [0.2, 0.25) is 5.78 Å². The van der Waals surface area contributed by atoms with E-state index < -0.39 is 0 Å². The van der Waals surface area contributed by atoms with Crippen LogP contribution in [0.25, 0.3) is 10.9 Å². The van der Waals surface area contributed by atoms with Crippen molar-refractivity contribution < 1.29 is 9.53 Å². The van der Waals surface area contributed by atoms with E-state index in [-0.39, 0.29) is 5.78 Å². The minimum absolute atomic E-state index is 0.0338. The molecule has 4 rings (SSSR count). The number of carbonyl (C=O) groups excluding carboxylic acids is 1. The molecule has 2 aromatic carbocycles. The summed E-state index contributed by atoms with van der Waals surface area (Å²) in [5.41, 5.74) is 4.00. The van der Waals surface area contributed by atoms with Crippen LogP contribution in [0.5, 0.6) is 5.75 Å². The summed E-state index contributed by atoms with van der Waals surface area (Å²) in [6, 6.07) is 11.2. The highest BCUT2D eigenvalue weighted by Crippen LogP contribution is 2.33. The summed E-state index contributed by atoms with van der Waals surface area (Å²) in [5.74, 6) is 0.596. The number of H-pyrrole nitrogens is 1. The molecule has 0 aliphatic carbocycles. The normalized spacial score (nSPS) is 13.5. The number of hydrogen-bond donors (Lipinski definition) is 1. The van der Waals surface area contributed by atoms with E-state index >= 15 is 0 Å². The Morgan fingerprint density at radius 3 is 2.90 bits per heavy atom. The first-order valence-corrected chi connectivity index (χ1v) is 7.09. The third kappa shape index (κ3) is 1.85. The Labute approximate surface area is 126 Å². The lowest BCUT2D eigenvalue weighted by atomic mass is 10.0. The molecule has 1 aromatic heterocycles. The van der Waals surface area contributed by atoms with Gasteiger partial charge < -0.3 is 9.72 Å². The smallest absolute Gasteiger partial charge is 0.213 e. The molecular weight excluding hydrogens is 286 g/mol. The first-order valence-electron chi connectivity index (χ1n) is 6.72. The minimum Gasteiger partial charge on any atom is -0.488 e. The average molecular weight is 298 g/mol. The van der Waals surface area contributed by atoms with Gasteiger partial charge in [0.15, 0.2) is 0 Å². The van der Waals surface area contributed by atoms with Crippen LogP contribution in [-0.4, -0.2) is 10.8 Å². The van der Waals surface area contributed by atoms with Gasteiger partial charge >= 0.3 is 0 Å². The SMILES string of the molecule is Cc1ccc2c(c1)C(=O)c1[nH]c3ccc(Cl)cc3c1CO2. The topological polar surface area (TPSA) is 42.1 Å². The summed E-state index contributed by atoms with van der Waals surface area (Å²) in [7, 11) is 0. The van der Waals surface area contributed by atoms with Gasteiger partial charge in [-0.1, -0.05) is 23.2 Å². The van der Waals surface area contributed by atoms with Crippen molar-refractivity contribution in [3.63, 3.8) is 0 Å². The average Bonchev–Trinajstić information content (AvgIpc) is 2.76. The number of benzene rings is 2. The summed E-state index contributed by atoms with van der Waals surface area (Å²) in [6.07, 6.45) is 0. The maximum atomic E-state index is 12.8. The number of ether oxygens (including phenoxy) is 1. The number of carbonyl (C=O) groups is 1. The van der Waals surface area contributed by atoms with Gasteiger partial charge in [0.05, 0.1) is 11.3 Å². The monoisotopic (exact) mass is 297 g/mol. The second-order valence-corrected chi connectivity index (χ2v) is 5.72. The molecule has 0 spiro atoms. The van der Waals surface area contributed by atoms with Crippen molar-refractivity contribution in [2.75, 3.05) is 0 Å². The molecule has 3 aromatic rings. The van der Waals surface area contributed by atoms with Gasteiger partial charge in [0.1, 0.15) is 12.4 Å². The van der Waals surface area contributed by atoms with Gasteiger partial charge in [0, 0.05) is 21.5 Å². The summed E-state index contributed by atoms with van der Waals surface area (Å²) < 4.78 is 5.82. The van der Waals surface area contributed by atoms with E-state index in [0.717, 1.165) is 22.0 Å². The van der Waals surface area contributed by atoms with Crippen molar-refractivity contribution in [3.05, 3.63) is 63.8 Å². The Kier molecular flexibility index (Phi) is 2.59. The van der Waals surface area contributed by atoms with E-state index in [0.29, 0.717) is 28.6 Å². The van der Waals surface area contributed by atoms with Gasteiger partial charge in [0.25, 0.3) is 0 Å². The van der Waals surface area contributed by atoms with Crippen LogP contribution in [0.15, 0.2) is 36.4 Å². The largest absolute Gasteiger partial charge is 0.488 e. The van der Waals surface area contributed by atoms with E-state index in [1.165, 1.54) is 0 Å². The van der Waals surface area contributed by atoms with Crippen molar-refractivity contribution >= 4 is 28.3 Å². The Morgan fingerprint density at radius 1 is 1.19 bits per heavy atom. The van der Waals surface area contributed by atoms with Gasteiger partial charge in [-0.3, -0.25) is 4.79 Å². The summed E-state index contributed by atoms with van der Waals surface area (Å²) in [6.45, 7) is 2.32. The molecule has 1 aliphatic rings. The Morgan fingerprint density at radius 2 is 2.05 bits per heavy atom. The van der Waals surface area contributed by atoms with Crippen LogP contribution in [-0.2, 0) is 6.61 Å². The van der Waals surface area contributed by atoms with Crippen LogP contribution in [0.3, 0.4) is 0 Å². The number of aromatic amines is 1. The number of rotatable bonds is 0. The van der Waals surface area contributed by atoms with Crippen LogP contribution in [0, 0.1) is 6.92 Å². The zero-order chi connectivity index (χ0) is 14.6. The van der Waals surface area contributed by atoms with Crippen molar-refractivity contribution in [2.24, 2.45) is 0 Å². The van der Waals surface area contributed by atoms with Crippen LogP contribution < -0.4 is 4.74 Å². The lowest BCUT2D eigenvalue weighted by Crippen LogP contribution is -2.02. The molecule has 0 amide bonds. The maximum Gasteiger partial charge on any atom is 0.213 e.